The topological polar surface area (TPSA) is 35.0 Å². The lowest BCUT2D eigenvalue weighted by atomic mass is 10.1. The number of ether oxygens (including phenoxy) is 1. The Morgan fingerprint density at radius 2 is 2.00 bits per heavy atom. The molecule has 0 aliphatic heterocycles. The van der Waals surface area contributed by atoms with Gasteiger partial charge < -0.3 is 4.74 Å². The van der Waals surface area contributed by atoms with E-state index in [1.807, 2.05) is 6.07 Å². The molecule has 1 radical (unpaired) electrons. The van der Waals surface area contributed by atoms with Crippen molar-refractivity contribution in [1.29, 1.82) is 0 Å². The molecule has 0 bridgehead atoms. The molecular weight excluding hydrogens is 195 g/mol. The van der Waals surface area contributed by atoms with E-state index in [9.17, 15) is 4.39 Å². The van der Waals surface area contributed by atoms with Crippen molar-refractivity contribution >= 4 is 0 Å². The Labute approximate surface area is 86.6 Å². The van der Waals surface area contributed by atoms with Gasteiger partial charge in [-0.1, -0.05) is 12.1 Å². The van der Waals surface area contributed by atoms with Gasteiger partial charge in [0.2, 0.25) is 6.86 Å². The summed E-state index contributed by atoms with van der Waals surface area (Å²) >= 11 is 0. The number of alkyl halides is 1. The van der Waals surface area contributed by atoms with Crippen LogP contribution in [0.1, 0.15) is 0 Å². The number of aromatic nitrogens is 2. The molecule has 0 saturated carbocycles. The van der Waals surface area contributed by atoms with Crippen LogP contribution < -0.4 is 4.74 Å². The van der Waals surface area contributed by atoms with E-state index >= 15 is 0 Å². The summed E-state index contributed by atoms with van der Waals surface area (Å²) in [5.41, 5.74) is 1.73. The van der Waals surface area contributed by atoms with Crippen molar-refractivity contribution in [1.82, 2.24) is 9.97 Å². The minimum absolute atomic E-state index is 0.489. The Balaban J connectivity index is 2.33. The van der Waals surface area contributed by atoms with Crippen LogP contribution in [-0.4, -0.2) is 16.8 Å². The zero-order valence-electron chi connectivity index (χ0n) is 7.85. The molecule has 75 valence electrons. The van der Waals surface area contributed by atoms with E-state index < -0.39 is 6.86 Å². The predicted octanol–water partition coefficient (Wildman–Crippen LogP) is 2.25. The van der Waals surface area contributed by atoms with Crippen molar-refractivity contribution in [3.05, 3.63) is 43.0 Å². The first-order valence-corrected chi connectivity index (χ1v) is 4.37. The molecule has 0 aliphatic rings. The normalized spacial score (nSPS) is 9.93. The first kappa shape index (κ1) is 9.58. The minimum atomic E-state index is -0.831. The molecule has 2 aromatic rings. The van der Waals surface area contributed by atoms with Crippen LogP contribution in [0.5, 0.6) is 5.75 Å². The van der Waals surface area contributed by atoms with Gasteiger partial charge in [0.1, 0.15) is 5.75 Å². The lowest BCUT2D eigenvalue weighted by molar-refractivity contribution is 0.192. The van der Waals surface area contributed by atoms with Gasteiger partial charge in [0.05, 0.1) is 0 Å². The van der Waals surface area contributed by atoms with Gasteiger partial charge in [-0.2, -0.15) is 0 Å². The van der Waals surface area contributed by atoms with Gasteiger partial charge in [-0.3, -0.25) is 0 Å². The van der Waals surface area contributed by atoms with E-state index in [1.54, 1.807) is 30.6 Å². The van der Waals surface area contributed by atoms with Crippen LogP contribution in [0.4, 0.5) is 4.39 Å². The van der Waals surface area contributed by atoms with Crippen LogP contribution in [0.15, 0.2) is 36.7 Å². The van der Waals surface area contributed by atoms with E-state index in [4.69, 9.17) is 4.74 Å². The molecule has 4 heteroatoms. The molecule has 0 N–H and O–H groups in total. The highest BCUT2D eigenvalue weighted by molar-refractivity contribution is 5.63. The Bertz CT molecular complexity index is 434. The highest BCUT2D eigenvalue weighted by atomic mass is 19.1. The van der Waals surface area contributed by atoms with Gasteiger partial charge in [-0.15, -0.1) is 0 Å². The lowest BCUT2D eigenvalue weighted by Crippen LogP contribution is -1.90. The molecule has 1 heterocycles. The molecule has 1 aromatic carbocycles. The van der Waals surface area contributed by atoms with Gasteiger partial charge in [-0.05, 0) is 17.7 Å². The van der Waals surface area contributed by atoms with E-state index in [-0.39, 0.29) is 0 Å². The van der Waals surface area contributed by atoms with Crippen molar-refractivity contribution < 1.29 is 9.13 Å². The molecule has 0 fully saturated rings. The highest BCUT2D eigenvalue weighted by Crippen LogP contribution is 2.22. The quantitative estimate of drug-likeness (QED) is 0.767. The first-order valence-electron chi connectivity index (χ1n) is 4.37. The third kappa shape index (κ3) is 2.28. The van der Waals surface area contributed by atoms with Crippen LogP contribution in [0, 0.1) is 6.33 Å². The lowest BCUT2D eigenvalue weighted by Gasteiger charge is -2.03. The van der Waals surface area contributed by atoms with Gasteiger partial charge in [0.25, 0.3) is 0 Å². The summed E-state index contributed by atoms with van der Waals surface area (Å²) in [6.07, 6.45) is 5.73. The maximum atomic E-state index is 12.0. The number of nitrogens with zero attached hydrogens (tertiary/aromatic N) is 2. The third-order valence-corrected chi connectivity index (χ3v) is 1.91. The largest absolute Gasteiger partial charge is 0.463 e. The van der Waals surface area contributed by atoms with Crippen molar-refractivity contribution in [2.75, 3.05) is 6.86 Å². The molecule has 1 aromatic heterocycles. The van der Waals surface area contributed by atoms with Crippen LogP contribution >= 0.6 is 0 Å². The fraction of sp³-hybridized carbons (Fsp3) is 0.0909. The molecule has 0 unspecified atom stereocenters. The standard InChI is InChI=1S/C11H8FN2O/c12-7-15-11-3-1-2-9(4-11)10-5-13-8-14-6-10/h1-6H,7H2. The summed E-state index contributed by atoms with van der Waals surface area (Å²) < 4.78 is 16.7. The Morgan fingerprint density at radius 3 is 2.73 bits per heavy atom. The number of rotatable bonds is 3. The smallest absolute Gasteiger partial charge is 0.228 e. The van der Waals surface area contributed by atoms with Gasteiger partial charge in [-0.25, -0.2) is 14.4 Å². The molecule has 0 saturated heterocycles. The van der Waals surface area contributed by atoms with Gasteiger partial charge in [0, 0.05) is 18.0 Å². The Hall–Kier alpha value is -1.97. The second kappa shape index (κ2) is 4.50. The highest BCUT2D eigenvalue weighted by Gasteiger charge is 1.99. The molecule has 0 atom stereocenters. The van der Waals surface area contributed by atoms with Crippen LogP contribution in [0.3, 0.4) is 0 Å². The Morgan fingerprint density at radius 1 is 1.20 bits per heavy atom. The fourth-order valence-corrected chi connectivity index (χ4v) is 1.24. The molecule has 0 aliphatic carbocycles. The van der Waals surface area contributed by atoms with E-state index in [1.165, 1.54) is 0 Å². The first-order chi connectivity index (χ1) is 7.40. The van der Waals surface area contributed by atoms with E-state index in [2.05, 4.69) is 16.3 Å². The summed E-state index contributed by atoms with van der Waals surface area (Å²) in [7, 11) is 0. The summed E-state index contributed by atoms with van der Waals surface area (Å²) in [6.45, 7) is -0.831. The summed E-state index contributed by atoms with van der Waals surface area (Å²) in [5, 5.41) is 0. The average molecular weight is 203 g/mol. The van der Waals surface area contributed by atoms with E-state index in [0.717, 1.165) is 11.1 Å². The van der Waals surface area contributed by atoms with E-state index in [0.29, 0.717) is 5.75 Å². The third-order valence-electron chi connectivity index (χ3n) is 1.91. The fourth-order valence-electron chi connectivity index (χ4n) is 1.24. The maximum absolute atomic E-state index is 12.0. The maximum Gasteiger partial charge on any atom is 0.228 e. The molecule has 2 rings (SSSR count). The Kier molecular flexibility index (Phi) is 2.88. The van der Waals surface area contributed by atoms with Crippen molar-refractivity contribution in [2.24, 2.45) is 0 Å². The van der Waals surface area contributed by atoms with Gasteiger partial charge in [0.15, 0.2) is 6.33 Å². The van der Waals surface area contributed by atoms with Gasteiger partial charge >= 0.3 is 0 Å². The number of hydrogen-bond donors (Lipinski definition) is 0. The van der Waals surface area contributed by atoms with Crippen LogP contribution in [0.25, 0.3) is 11.1 Å². The molecule has 0 spiro atoms. The average Bonchev–Trinajstić information content (AvgIpc) is 2.31. The molecule has 15 heavy (non-hydrogen) atoms. The number of halogens is 1. The summed E-state index contributed by atoms with van der Waals surface area (Å²) in [6, 6.07) is 7.10. The van der Waals surface area contributed by atoms with Crippen LogP contribution in [0.2, 0.25) is 0 Å². The predicted molar refractivity (Wildman–Crippen MR) is 52.9 cm³/mol. The zero-order chi connectivity index (χ0) is 10.5. The second-order valence-corrected chi connectivity index (χ2v) is 2.85. The van der Waals surface area contributed by atoms with Crippen molar-refractivity contribution in [2.45, 2.75) is 0 Å². The number of benzene rings is 1. The monoisotopic (exact) mass is 203 g/mol. The zero-order valence-corrected chi connectivity index (χ0v) is 7.85. The second-order valence-electron chi connectivity index (χ2n) is 2.85. The molecule has 0 amide bonds. The number of hydrogen-bond acceptors (Lipinski definition) is 3. The minimum Gasteiger partial charge on any atom is -0.463 e. The molecule has 3 nitrogen and oxygen atoms in total. The van der Waals surface area contributed by atoms with Crippen molar-refractivity contribution in [3.63, 3.8) is 0 Å². The molecular formula is C11H8FN2O. The summed E-state index contributed by atoms with van der Waals surface area (Å²) in [4.78, 5) is 7.57. The van der Waals surface area contributed by atoms with Crippen molar-refractivity contribution in [3.8, 4) is 16.9 Å². The SMILES string of the molecule is FCOc1cccc(-c2cn[c]nc2)c1. The van der Waals surface area contributed by atoms with Crippen LogP contribution in [-0.2, 0) is 0 Å². The summed E-state index contributed by atoms with van der Waals surface area (Å²) in [5.74, 6) is 0.489.